The van der Waals surface area contributed by atoms with E-state index in [1.807, 2.05) is 0 Å². The number of nitrogens with zero attached hydrogens (tertiary/aromatic N) is 4. The molecule has 0 unspecified atom stereocenters. The summed E-state index contributed by atoms with van der Waals surface area (Å²) < 4.78 is 0. The molecule has 0 radical (unpaired) electrons. The van der Waals surface area contributed by atoms with Gasteiger partial charge in [-0.2, -0.15) is 5.21 Å². The van der Waals surface area contributed by atoms with Crippen LogP contribution in [-0.2, 0) is 0 Å². The van der Waals surface area contributed by atoms with Gasteiger partial charge in [0.05, 0.1) is 0 Å². The molecule has 7 heteroatoms. The van der Waals surface area contributed by atoms with Gasteiger partial charge in [-0.25, -0.2) is 0 Å². The predicted molar refractivity (Wildman–Crippen MR) is 75.9 cm³/mol. The first-order valence-electron chi connectivity index (χ1n) is 7.76. The molecule has 0 atom stereocenters. The summed E-state index contributed by atoms with van der Waals surface area (Å²) >= 11 is 0. The van der Waals surface area contributed by atoms with Crippen LogP contribution in [0.5, 0.6) is 0 Å². The Kier molecular flexibility index (Phi) is 4.17. The maximum Gasteiger partial charge on any atom is 0.276 e. The summed E-state index contributed by atoms with van der Waals surface area (Å²) in [7, 11) is 0. The van der Waals surface area contributed by atoms with Crippen molar-refractivity contribution in [2.24, 2.45) is 0 Å². The Morgan fingerprint density at radius 1 is 0.714 bits per heavy atom. The molecule has 0 spiro atoms. The lowest BCUT2D eigenvalue weighted by Crippen LogP contribution is -2.39. The van der Waals surface area contributed by atoms with E-state index in [0.29, 0.717) is 0 Å². The second-order valence-corrected chi connectivity index (χ2v) is 5.73. The summed E-state index contributed by atoms with van der Waals surface area (Å²) in [6.07, 6.45) is 6.36. The van der Waals surface area contributed by atoms with Gasteiger partial charge in [0, 0.05) is 26.2 Å². The van der Waals surface area contributed by atoms with E-state index in [2.05, 4.69) is 15.4 Å². The Labute approximate surface area is 123 Å². The fourth-order valence-electron chi connectivity index (χ4n) is 3.02. The first kappa shape index (κ1) is 14.0. The number of rotatable bonds is 2. The molecule has 1 N–H and O–H groups in total. The minimum atomic E-state index is -0.177. The van der Waals surface area contributed by atoms with Crippen LogP contribution < -0.4 is 0 Å². The van der Waals surface area contributed by atoms with Gasteiger partial charge in [-0.05, 0) is 38.5 Å². The molecule has 1 aromatic rings. The van der Waals surface area contributed by atoms with Gasteiger partial charge < -0.3 is 9.80 Å². The van der Waals surface area contributed by atoms with Crippen molar-refractivity contribution in [2.45, 2.75) is 38.5 Å². The second-order valence-electron chi connectivity index (χ2n) is 5.73. The van der Waals surface area contributed by atoms with Gasteiger partial charge in [-0.15, -0.1) is 10.2 Å². The monoisotopic (exact) mass is 291 g/mol. The van der Waals surface area contributed by atoms with E-state index in [-0.39, 0.29) is 23.2 Å². The van der Waals surface area contributed by atoms with Crippen LogP contribution in [0, 0.1) is 0 Å². The van der Waals surface area contributed by atoms with Crippen molar-refractivity contribution < 1.29 is 9.59 Å². The molecule has 2 aliphatic rings. The largest absolute Gasteiger partial charge is 0.337 e. The number of H-pyrrole nitrogens is 1. The number of likely N-dealkylation sites (tertiary alicyclic amines) is 2. The number of nitrogens with one attached hydrogen (secondary N) is 1. The number of hydrogen-bond donors (Lipinski definition) is 1. The highest BCUT2D eigenvalue weighted by Crippen LogP contribution is 2.16. The van der Waals surface area contributed by atoms with Crippen LogP contribution in [0.2, 0.25) is 0 Å². The zero-order valence-corrected chi connectivity index (χ0v) is 12.2. The Morgan fingerprint density at radius 2 is 1.10 bits per heavy atom. The van der Waals surface area contributed by atoms with Gasteiger partial charge >= 0.3 is 0 Å². The molecule has 2 saturated heterocycles. The summed E-state index contributed by atoms with van der Waals surface area (Å²) in [4.78, 5) is 28.5. The van der Waals surface area contributed by atoms with Crippen LogP contribution >= 0.6 is 0 Å². The molecule has 3 rings (SSSR count). The highest BCUT2D eigenvalue weighted by atomic mass is 16.2. The molecule has 2 aliphatic heterocycles. The average molecular weight is 291 g/mol. The molecule has 3 heterocycles. The molecular weight excluding hydrogens is 270 g/mol. The van der Waals surface area contributed by atoms with Gasteiger partial charge in [0.2, 0.25) is 0 Å². The molecule has 21 heavy (non-hydrogen) atoms. The molecule has 0 aromatic carbocycles. The number of aromatic amines is 1. The molecule has 2 amide bonds. The first-order chi connectivity index (χ1) is 10.3. The van der Waals surface area contributed by atoms with Gasteiger partial charge in [-0.3, -0.25) is 9.59 Å². The summed E-state index contributed by atoms with van der Waals surface area (Å²) in [5.41, 5.74) is 0.347. The third-order valence-electron chi connectivity index (χ3n) is 4.24. The Morgan fingerprint density at radius 3 is 1.48 bits per heavy atom. The predicted octanol–water partition coefficient (Wildman–Crippen LogP) is 1.06. The minimum Gasteiger partial charge on any atom is -0.337 e. The molecular formula is C14H21N5O2. The van der Waals surface area contributed by atoms with Crippen LogP contribution in [-0.4, -0.2) is 63.2 Å². The molecule has 0 aliphatic carbocycles. The van der Waals surface area contributed by atoms with Crippen LogP contribution in [0.1, 0.15) is 59.5 Å². The third kappa shape index (κ3) is 2.91. The lowest BCUT2D eigenvalue weighted by atomic mass is 10.1. The smallest absolute Gasteiger partial charge is 0.276 e. The topological polar surface area (TPSA) is 82.2 Å². The Balaban J connectivity index is 1.76. The number of carbonyl (C=O) groups excluding carboxylic acids is 2. The Hall–Kier alpha value is -1.92. The minimum absolute atomic E-state index is 0.174. The van der Waals surface area contributed by atoms with Crippen molar-refractivity contribution in [3.05, 3.63) is 11.4 Å². The molecule has 7 nitrogen and oxygen atoms in total. The normalized spacial score (nSPS) is 19.6. The van der Waals surface area contributed by atoms with E-state index in [4.69, 9.17) is 0 Å². The maximum absolute atomic E-state index is 12.5. The van der Waals surface area contributed by atoms with Crippen molar-refractivity contribution in [3.63, 3.8) is 0 Å². The van der Waals surface area contributed by atoms with Crippen molar-refractivity contribution in [1.82, 2.24) is 25.2 Å². The summed E-state index contributed by atoms with van der Waals surface area (Å²) in [6, 6.07) is 0. The van der Waals surface area contributed by atoms with Crippen molar-refractivity contribution in [2.75, 3.05) is 26.2 Å². The number of aromatic nitrogens is 3. The quantitative estimate of drug-likeness (QED) is 0.883. The average Bonchev–Trinajstić information content (AvgIpc) is 3.04. The zero-order valence-electron chi connectivity index (χ0n) is 12.2. The summed E-state index contributed by atoms with van der Waals surface area (Å²) in [5, 5.41) is 10.3. The van der Waals surface area contributed by atoms with E-state index < -0.39 is 0 Å². The van der Waals surface area contributed by atoms with E-state index in [1.54, 1.807) is 9.80 Å². The standard InChI is InChI=1S/C14H21N5O2/c20-13(18-7-3-1-4-8-18)11-12(16-17-15-11)14(21)19-9-5-2-6-10-19/h1-10H2,(H,15,16,17). The number of hydrogen-bond acceptors (Lipinski definition) is 4. The second kappa shape index (κ2) is 6.24. The van der Waals surface area contributed by atoms with E-state index in [0.717, 1.165) is 64.7 Å². The number of carbonyl (C=O) groups is 2. The van der Waals surface area contributed by atoms with Crippen LogP contribution in [0.4, 0.5) is 0 Å². The van der Waals surface area contributed by atoms with Gasteiger partial charge in [0.25, 0.3) is 11.8 Å². The Bertz CT molecular complexity index is 471. The highest BCUT2D eigenvalue weighted by Gasteiger charge is 2.30. The fourth-order valence-corrected chi connectivity index (χ4v) is 3.02. The number of amides is 2. The van der Waals surface area contributed by atoms with Crippen LogP contribution in [0.15, 0.2) is 0 Å². The van der Waals surface area contributed by atoms with E-state index in [9.17, 15) is 9.59 Å². The lowest BCUT2D eigenvalue weighted by Gasteiger charge is -2.27. The van der Waals surface area contributed by atoms with Gasteiger partial charge in [-0.1, -0.05) is 0 Å². The first-order valence-corrected chi connectivity index (χ1v) is 7.76. The molecule has 0 saturated carbocycles. The van der Waals surface area contributed by atoms with Crippen LogP contribution in [0.25, 0.3) is 0 Å². The maximum atomic E-state index is 12.5. The van der Waals surface area contributed by atoms with Gasteiger partial charge in [0.15, 0.2) is 11.4 Å². The molecule has 0 bridgehead atoms. The SMILES string of the molecule is O=C(c1n[nH]nc1C(=O)N1CCCCC1)N1CCCCC1. The molecule has 2 fully saturated rings. The van der Waals surface area contributed by atoms with E-state index in [1.165, 1.54) is 0 Å². The van der Waals surface area contributed by atoms with Crippen molar-refractivity contribution in [3.8, 4) is 0 Å². The van der Waals surface area contributed by atoms with Gasteiger partial charge in [0.1, 0.15) is 0 Å². The highest BCUT2D eigenvalue weighted by molar-refractivity contribution is 6.04. The third-order valence-corrected chi connectivity index (χ3v) is 4.24. The molecule has 1 aromatic heterocycles. The van der Waals surface area contributed by atoms with Crippen molar-refractivity contribution in [1.29, 1.82) is 0 Å². The molecule has 114 valence electrons. The number of piperidine rings is 2. The lowest BCUT2D eigenvalue weighted by molar-refractivity contribution is 0.0678. The summed E-state index contributed by atoms with van der Waals surface area (Å²) in [6.45, 7) is 2.96. The van der Waals surface area contributed by atoms with Crippen LogP contribution in [0.3, 0.4) is 0 Å². The summed E-state index contributed by atoms with van der Waals surface area (Å²) in [5.74, 6) is -0.354. The fraction of sp³-hybridized carbons (Fsp3) is 0.714. The van der Waals surface area contributed by atoms with E-state index >= 15 is 0 Å². The van der Waals surface area contributed by atoms with Crippen molar-refractivity contribution >= 4 is 11.8 Å². The zero-order chi connectivity index (χ0) is 14.7.